The summed E-state index contributed by atoms with van der Waals surface area (Å²) < 4.78 is 1.72. The third kappa shape index (κ3) is 4.36. The molecule has 8 heteroatoms. The summed E-state index contributed by atoms with van der Waals surface area (Å²) in [6, 6.07) is 7.43. The molecule has 0 aliphatic carbocycles. The van der Waals surface area contributed by atoms with Gasteiger partial charge in [-0.2, -0.15) is 0 Å². The Morgan fingerprint density at radius 1 is 1.30 bits per heavy atom. The van der Waals surface area contributed by atoms with E-state index in [-0.39, 0.29) is 5.91 Å². The zero-order valence-corrected chi connectivity index (χ0v) is 17.2. The van der Waals surface area contributed by atoms with Gasteiger partial charge in [0.15, 0.2) is 0 Å². The molecule has 3 rings (SSSR count). The molecule has 2 heterocycles. The van der Waals surface area contributed by atoms with Crippen molar-refractivity contribution in [3.8, 4) is 16.4 Å². The largest absolute Gasteiger partial charge is 0.351 e. The number of thiazole rings is 1. The molecule has 6 nitrogen and oxygen atoms in total. The maximum atomic E-state index is 12.4. The second kappa shape index (κ2) is 8.63. The molecule has 0 fully saturated rings. The minimum absolute atomic E-state index is 0.0766. The van der Waals surface area contributed by atoms with Crippen LogP contribution in [0, 0.1) is 13.8 Å². The molecule has 1 aromatic carbocycles. The number of carbonyl (C=O) groups is 1. The number of aryl methyl sites for hydroxylation is 1. The van der Waals surface area contributed by atoms with E-state index in [4.69, 9.17) is 11.6 Å². The van der Waals surface area contributed by atoms with Crippen molar-refractivity contribution in [1.82, 2.24) is 25.3 Å². The highest BCUT2D eigenvalue weighted by Crippen LogP contribution is 2.29. The van der Waals surface area contributed by atoms with Crippen LogP contribution in [0.1, 0.15) is 47.2 Å². The molecule has 1 amide bonds. The van der Waals surface area contributed by atoms with Crippen LogP contribution in [-0.2, 0) is 0 Å². The Kier molecular flexibility index (Phi) is 6.23. The number of rotatable bonds is 7. The average molecular weight is 404 g/mol. The summed E-state index contributed by atoms with van der Waals surface area (Å²) in [5.41, 5.74) is 3.06. The van der Waals surface area contributed by atoms with Crippen molar-refractivity contribution < 1.29 is 4.79 Å². The van der Waals surface area contributed by atoms with E-state index in [0.717, 1.165) is 30.6 Å². The maximum absolute atomic E-state index is 12.4. The second-order valence-corrected chi connectivity index (χ2v) is 7.75. The predicted octanol–water partition coefficient (Wildman–Crippen LogP) is 4.58. The molecule has 0 saturated carbocycles. The van der Waals surface area contributed by atoms with Crippen molar-refractivity contribution in [3.63, 3.8) is 0 Å². The number of benzene rings is 1. The molecule has 27 heavy (non-hydrogen) atoms. The highest BCUT2D eigenvalue weighted by atomic mass is 35.5. The molecule has 0 spiro atoms. The van der Waals surface area contributed by atoms with Gasteiger partial charge in [0.05, 0.1) is 17.1 Å². The fourth-order valence-electron chi connectivity index (χ4n) is 2.75. The average Bonchev–Trinajstić information content (AvgIpc) is 3.21. The van der Waals surface area contributed by atoms with Crippen molar-refractivity contribution in [3.05, 3.63) is 45.6 Å². The smallest absolute Gasteiger partial charge is 0.263 e. The number of carbonyl (C=O) groups excluding carboxylic acids is 1. The minimum Gasteiger partial charge on any atom is -0.351 e. The quantitative estimate of drug-likeness (QED) is 0.586. The molecule has 3 aromatic rings. The molecule has 0 unspecified atom stereocenters. The van der Waals surface area contributed by atoms with E-state index in [1.807, 2.05) is 38.1 Å². The van der Waals surface area contributed by atoms with Gasteiger partial charge in [-0.1, -0.05) is 42.6 Å². The molecule has 1 N–H and O–H groups in total. The van der Waals surface area contributed by atoms with Crippen LogP contribution in [0.25, 0.3) is 16.4 Å². The van der Waals surface area contributed by atoms with Gasteiger partial charge in [0.1, 0.15) is 15.6 Å². The molecular formula is C19H22ClN5OS. The fourth-order valence-corrected chi connectivity index (χ4v) is 3.95. The Morgan fingerprint density at radius 2 is 2.11 bits per heavy atom. The van der Waals surface area contributed by atoms with Crippen LogP contribution in [0.3, 0.4) is 0 Å². The van der Waals surface area contributed by atoms with Crippen LogP contribution in [0.5, 0.6) is 0 Å². The minimum atomic E-state index is -0.0766. The fraction of sp³-hybridized carbons (Fsp3) is 0.368. The monoisotopic (exact) mass is 403 g/mol. The third-order valence-electron chi connectivity index (χ3n) is 4.22. The number of unbranched alkanes of at least 4 members (excludes halogenated alkanes) is 2. The van der Waals surface area contributed by atoms with Crippen LogP contribution in [0.2, 0.25) is 5.02 Å². The summed E-state index contributed by atoms with van der Waals surface area (Å²) in [6.45, 7) is 6.60. The summed E-state index contributed by atoms with van der Waals surface area (Å²) in [6.07, 6.45) is 3.22. The Balaban J connectivity index is 1.83. The molecule has 0 saturated heterocycles. The van der Waals surface area contributed by atoms with Crippen molar-refractivity contribution in [2.45, 2.75) is 40.0 Å². The van der Waals surface area contributed by atoms with Crippen molar-refractivity contribution in [2.75, 3.05) is 6.54 Å². The first-order valence-electron chi connectivity index (χ1n) is 8.95. The van der Waals surface area contributed by atoms with E-state index in [1.54, 1.807) is 4.68 Å². The summed E-state index contributed by atoms with van der Waals surface area (Å²) in [7, 11) is 0. The number of amides is 1. The number of halogens is 1. The number of nitrogens with one attached hydrogen (secondary N) is 1. The standard InChI is InChI=1S/C19H22ClN5OS/c1-4-5-6-10-21-18(26)17-12(2)22-19(27-17)16-13(3)25(24-23-16)15-9-7-8-14(20)11-15/h7-9,11H,4-6,10H2,1-3H3,(H,21,26). The molecule has 142 valence electrons. The zero-order valence-electron chi connectivity index (χ0n) is 15.6. The van der Waals surface area contributed by atoms with Gasteiger partial charge in [-0.3, -0.25) is 4.79 Å². The number of hydrogen-bond acceptors (Lipinski definition) is 5. The normalized spacial score (nSPS) is 11.0. The first-order valence-corrected chi connectivity index (χ1v) is 10.1. The van der Waals surface area contributed by atoms with E-state index in [2.05, 4.69) is 27.5 Å². The first-order chi connectivity index (χ1) is 13.0. The summed E-state index contributed by atoms with van der Waals surface area (Å²) in [5, 5.41) is 12.8. The molecule has 0 aliphatic heterocycles. The number of nitrogens with zero attached hydrogens (tertiary/aromatic N) is 4. The van der Waals surface area contributed by atoms with Crippen molar-refractivity contribution in [1.29, 1.82) is 0 Å². The lowest BCUT2D eigenvalue weighted by molar-refractivity contribution is 0.0956. The molecular weight excluding hydrogens is 382 g/mol. The van der Waals surface area contributed by atoms with Gasteiger partial charge in [0, 0.05) is 11.6 Å². The van der Waals surface area contributed by atoms with E-state index in [9.17, 15) is 4.79 Å². The Hall–Kier alpha value is -2.25. The predicted molar refractivity (Wildman–Crippen MR) is 109 cm³/mol. The Morgan fingerprint density at radius 3 is 2.85 bits per heavy atom. The van der Waals surface area contributed by atoms with Gasteiger partial charge < -0.3 is 5.32 Å². The zero-order chi connectivity index (χ0) is 19.4. The second-order valence-electron chi connectivity index (χ2n) is 6.31. The summed E-state index contributed by atoms with van der Waals surface area (Å²) >= 11 is 7.42. The van der Waals surface area contributed by atoms with Gasteiger partial charge >= 0.3 is 0 Å². The van der Waals surface area contributed by atoms with Crippen LogP contribution in [-0.4, -0.2) is 32.4 Å². The Labute approximate surface area is 167 Å². The van der Waals surface area contributed by atoms with E-state index >= 15 is 0 Å². The lowest BCUT2D eigenvalue weighted by atomic mass is 10.2. The molecule has 0 atom stereocenters. The van der Waals surface area contributed by atoms with Crippen molar-refractivity contribution >= 4 is 28.8 Å². The molecule has 0 radical (unpaired) electrons. The lowest BCUT2D eigenvalue weighted by Gasteiger charge is -2.03. The van der Waals surface area contributed by atoms with Crippen LogP contribution in [0.4, 0.5) is 0 Å². The van der Waals surface area contributed by atoms with Gasteiger partial charge in [0.2, 0.25) is 0 Å². The topological polar surface area (TPSA) is 72.7 Å². The highest BCUT2D eigenvalue weighted by molar-refractivity contribution is 7.17. The lowest BCUT2D eigenvalue weighted by Crippen LogP contribution is -2.24. The molecule has 0 bridgehead atoms. The molecule has 0 aliphatic rings. The van der Waals surface area contributed by atoms with Gasteiger partial charge in [-0.05, 0) is 38.5 Å². The van der Waals surface area contributed by atoms with Crippen LogP contribution in [0.15, 0.2) is 24.3 Å². The van der Waals surface area contributed by atoms with Gasteiger partial charge in [0.25, 0.3) is 5.91 Å². The maximum Gasteiger partial charge on any atom is 0.263 e. The molecule has 2 aromatic heterocycles. The van der Waals surface area contributed by atoms with E-state index in [0.29, 0.717) is 32.8 Å². The summed E-state index contributed by atoms with van der Waals surface area (Å²) in [4.78, 5) is 17.6. The van der Waals surface area contributed by atoms with Gasteiger partial charge in [-0.25, -0.2) is 9.67 Å². The van der Waals surface area contributed by atoms with E-state index in [1.165, 1.54) is 11.3 Å². The Bertz CT molecular complexity index is 949. The highest BCUT2D eigenvalue weighted by Gasteiger charge is 2.20. The first kappa shape index (κ1) is 19.5. The summed E-state index contributed by atoms with van der Waals surface area (Å²) in [5.74, 6) is -0.0766. The number of aromatic nitrogens is 4. The van der Waals surface area contributed by atoms with E-state index < -0.39 is 0 Å². The van der Waals surface area contributed by atoms with Crippen LogP contribution >= 0.6 is 22.9 Å². The van der Waals surface area contributed by atoms with Crippen molar-refractivity contribution in [2.24, 2.45) is 0 Å². The SMILES string of the molecule is CCCCCNC(=O)c1sc(-c2nnn(-c3cccc(Cl)c3)c2C)nc1C. The van der Waals surface area contributed by atoms with Crippen LogP contribution < -0.4 is 5.32 Å². The third-order valence-corrected chi connectivity index (χ3v) is 5.62. The number of hydrogen-bond donors (Lipinski definition) is 1. The van der Waals surface area contributed by atoms with Gasteiger partial charge in [-0.15, -0.1) is 16.4 Å².